The number of aromatic nitrogens is 4. The molecule has 0 saturated carbocycles. The van der Waals surface area contributed by atoms with Crippen molar-refractivity contribution < 1.29 is 28.6 Å². The number of imidazole rings is 1. The summed E-state index contributed by atoms with van der Waals surface area (Å²) in [5, 5.41) is 6.83. The van der Waals surface area contributed by atoms with Crippen molar-refractivity contribution >= 4 is 54.5 Å². The molecule has 1 radical (unpaired) electrons. The number of rotatable bonds is 3. The van der Waals surface area contributed by atoms with Gasteiger partial charge >= 0.3 is 0 Å². The van der Waals surface area contributed by atoms with Gasteiger partial charge in [-0.05, 0) is 58.9 Å². The molecule has 6 heteroatoms. The predicted octanol–water partition coefficient (Wildman–Crippen LogP) is 11.3. The topological polar surface area (TPSA) is 56.7 Å². The Morgan fingerprint density at radius 2 is 1.49 bits per heavy atom. The van der Waals surface area contributed by atoms with Crippen LogP contribution < -0.4 is 0 Å². The van der Waals surface area contributed by atoms with Crippen molar-refractivity contribution in [3.63, 3.8) is 0 Å². The zero-order chi connectivity index (χ0) is 36.1. The molecule has 6 aromatic carbocycles. The van der Waals surface area contributed by atoms with Crippen LogP contribution in [0.15, 0.2) is 150 Å². The van der Waals surface area contributed by atoms with Gasteiger partial charge in [0.1, 0.15) is 5.58 Å². The summed E-state index contributed by atoms with van der Waals surface area (Å²) in [5.41, 5.74) is 8.29. The molecule has 0 aliphatic carbocycles. The molecule has 0 bridgehead atoms. The van der Waals surface area contributed by atoms with Gasteiger partial charge in [0.25, 0.3) is 0 Å². The molecule has 0 atom stereocenters. The summed E-state index contributed by atoms with van der Waals surface area (Å²) in [6, 6.07) is 48.7. The van der Waals surface area contributed by atoms with Crippen molar-refractivity contribution in [2.75, 3.05) is 0 Å². The van der Waals surface area contributed by atoms with E-state index in [1.54, 1.807) is 18.2 Å². The second-order valence-electron chi connectivity index (χ2n) is 12.2. The van der Waals surface area contributed by atoms with Gasteiger partial charge in [0, 0.05) is 53.1 Å². The van der Waals surface area contributed by atoms with Gasteiger partial charge in [-0.2, -0.15) is 0 Å². The molecule has 4 aromatic heterocycles. The van der Waals surface area contributed by atoms with Crippen LogP contribution in [-0.4, -0.2) is 19.5 Å². The number of hydrogen-bond acceptors (Lipinski definition) is 4. The zero-order valence-corrected chi connectivity index (χ0v) is 29.8. The number of fused-ring (bicyclic) bond motifs is 8. The van der Waals surface area contributed by atoms with Gasteiger partial charge in [-0.25, -0.2) is 0 Å². The Kier molecular flexibility index (Phi) is 7.58. The van der Waals surface area contributed by atoms with Crippen LogP contribution in [0.1, 0.15) is 15.2 Å². The molecule has 51 heavy (non-hydrogen) atoms. The molecule has 0 saturated heterocycles. The number of aryl methyl sites for hydroxylation is 2. The van der Waals surface area contributed by atoms with E-state index in [0.717, 1.165) is 77.6 Å². The average molecular weight is 838 g/mol. The Morgan fingerprint density at radius 3 is 2.31 bits per heavy atom. The maximum atomic E-state index is 7.23. The summed E-state index contributed by atoms with van der Waals surface area (Å²) in [5.74, 6) is 0.788. The van der Waals surface area contributed by atoms with Gasteiger partial charge in [-0.15, -0.1) is 54.1 Å². The Hall–Kier alpha value is -5.94. The Labute approximate surface area is 312 Å². The minimum atomic E-state index is -2.09. The van der Waals surface area contributed by atoms with Crippen LogP contribution in [-0.2, 0) is 20.1 Å². The van der Waals surface area contributed by atoms with E-state index in [1.165, 1.54) is 17.0 Å². The second-order valence-corrected chi connectivity index (χ2v) is 12.2. The molecule has 0 aliphatic heterocycles. The van der Waals surface area contributed by atoms with E-state index < -0.39 is 6.85 Å². The standard InChI is InChI=1S/C33H20N3O.C12H10N.Ir/c1-20-18-34-19-28-30(20)35-33(36(28)23-9-3-2-4-10-23)27-13-7-12-25-26-17-16-22-15-14-21-8-5-6-11-24(21)29(22)32(26)37-31(25)27;1-10-7-8-12(13-9-10)11-5-3-2-4-6-11;/h2-12,14-19H,1H3;2-5,7-9H,1H3;/q2*-1;/i;1D3;. The van der Waals surface area contributed by atoms with E-state index in [-0.39, 0.29) is 25.7 Å². The van der Waals surface area contributed by atoms with Crippen molar-refractivity contribution in [2.45, 2.75) is 13.8 Å². The van der Waals surface area contributed by atoms with Crippen molar-refractivity contribution in [1.29, 1.82) is 0 Å². The second kappa shape index (κ2) is 13.4. The van der Waals surface area contributed by atoms with Crippen molar-refractivity contribution in [3.05, 3.63) is 169 Å². The molecule has 247 valence electrons. The van der Waals surface area contributed by atoms with Gasteiger partial charge < -0.3 is 14.0 Å². The fourth-order valence-corrected chi connectivity index (χ4v) is 6.69. The molecule has 0 N–H and O–H groups in total. The summed E-state index contributed by atoms with van der Waals surface area (Å²) >= 11 is 0. The minimum Gasteiger partial charge on any atom is -0.500 e. The van der Waals surface area contributed by atoms with Gasteiger partial charge in [-0.1, -0.05) is 89.8 Å². The molecule has 0 unspecified atom stereocenters. The molecule has 5 nitrogen and oxygen atoms in total. The van der Waals surface area contributed by atoms with Crippen LogP contribution in [0.25, 0.3) is 82.8 Å². The zero-order valence-electron chi connectivity index (χ0n) is 30.4. The molecular weight excluding hydrogens is 805 g/mol. The van der Waals surface area contributed by atoms with Gasteiger partial charge in [0.05, 0.1) is 28.6 Å². The Balaban J connectivity index is 0.000000206. The molecule has 0 fully saturated rings. The summed E-state index contributed by atoms with van der Waals surface area (Å²) in [4.78, 5) is 13.7. The van der Waals surface area contributed by atoms with E-state index in [2.05, 4.69) is 93.4 Å². The Bertz CT molecular complexity index is 2940. The maximum Gasteiger partial charge on any atom is 0.129 e. The average Bonchev–Trinajstić information content (AvgIpc) is 3.78. The van der Waals surface area contributed by atoms with E-state index in [1.807, 2.05) is 61.8 Å². The van der Waals surface area contributed by atoms with E-state index in [9.17, 15) is 0 Å². The first-order valence-corrected chi connectivity index (χ1v) is 16.3. The van der Waals surface area contributed by atoms with E-state index in [4.69, 9.17) is 13.5 Å². The molecule has 0 amide bonds. The fraction of sp³-hybridized carbons (Fsp3) is 0.0444. The predicted molar refractivity (Wildman–Crippen MR) is 203 cm³/mol. The van der Waals surface area contributed by atoms with Gasteiger partial charge in [0.2, 0.25) is 0 Å². The number of furan rings is 1. The number of para-hydroxylation sites is 1. The first-order chi connectivity index (χ1) is 25.8. The fourth-order valence-electron chi connectivity index (χ4n) is 6.69. The smallest absolute Gasteiger partial charge is 0.129 e. The van der Waals surface area contributed by atoms with Gasteiger partial charge in [-0.3, -0.25) is 9.97 Å². The molecule has 10 rings (SSSR count). The molecule has 0 aliphatic rings. The SMILES string of the molecule is Cc1cncc2c1nc(-c1[c-]ccc3c1oc1c3ccc3ccc4ccccc4c31)n2-c1ccccc1.[2H]C([2H])([2H])c1ccc(-c2[c-]cccc2)nc1.[Ir]. The number of nitrogens with zero attached hydrogens (tertiary/aromatic N) is 4. The third-order valence-corrected chi connectivity index (χ3v) is 9.04. The normalized spacial score (nSPS) is 12.3. The maximum absolute atomic E-state index is 7.23. The minimum absolute atomic E-state index is 0. The summed E-state index contributed by atoms with van der Waals surface area (Å²) in [7, 11) is 0. The molecule has 4 heterocycles. The quantitative estimate of drug-likeness (QED) is 0.131. The van der Waals surface area contributed by atoms with Crippen molar-refractivity contribution in [3.8, 4) is 28.3 Å². The first kappa shape index (κ1) is 28.9. The number of pyridine rings is 2. The largest absolute Gasteiger partial charge is 0.500 e. The van der Waals surface area contributed by atoms with Crippen LogP contribution in [0.2, 0.25) is 0 Å². The third kappa shape index (κ3) is 5.69. The van der Waals surface area contributed by atoms with E-state index >= 15 is 0 Å². The summed E-state index contributed by atoms with van der Waals surface area (Å²) in [6.45, 7) is -0.0455. The van der Waals surface area contributed by atoms with Crippen LogP contribution in [0, 0.1) is 25.9 Å². The van der Waals surface area contributed by atoms with Gasteiger partial charge in [0.15, 0.2) is 0 Å². The van der Waals surface area contributed by atoms with Crippen LogP contribution in [0.4, 0.5) is 0 Å². The monoisotopic (exact) mass is 838 g/mol. The third-order valence-electron chi connectivity index (χ3n) is 9.04. The van der Waals surface area contributed by atoms with Crippen molar-refractivity contribution in [1.82, 2.24) is 19.5 Å². The molecule has 0 spiro atoms. The summed E-state index contributed by atoms with van der Waals surface area (Å²) < 4.78 is 30.6. The van der Waals surface area contributed by atoms with Crippen LogP contribution in [0.5, 0.6) is 0 Å². The first-order valence-electron chi connectivity index (χ1n) is 17.8. The number of hydrogen-bond donors (Lipinski definition) is 0. The molecule has 10 aromatic rings. The van der Waals surface area contributed by atoms with Crippen molar-refractivity contribution in [2.24, 2.45) is 0 Å². The Morgan fingerprint density at radius 1 is 0.686 bits per heavy atom. The number of benzene rings is 6. The van der Waals surface area contributed by atoms with Crippen LogP contribution >= 0.6 is 0 Å². The van der Waals surface area contributed by atoms with E-state index in [0.29, 0.717) is 0 Å². The van der Waals surface area contributed by atoms with Crippen LogP contribution in [0.3, 0.4) is 0 Å². The molecular formula is C45H30IrN4O-2. The summed E-state index contributed by atoms with van der Waals surface area (Å²) in [6.07, 6.45) is 5.13.